The first kappa shape index (κ1) is 23.8. The molecule has 0 unspecified atom stereocenters. The zero-order chi connectivity index (χ0) is 25.4. The molecule has 3 aromatic rings. The highest BCUT2D eigenvalue weighted by Gasteiger charge is 2.30. The van der Waals surface area contributed by atoms with Gasteiger partial charge < -0.3 is 20.5 Å². The summed E-state index contributed by atoms with van der Waals surface area (Å²) in [5, 5.41) is 3.67. The summed E-state index contributed by atoms with van der Waals surface area (Å²) in [7, 11) is 1.99. The van der Waals surface area contributed by atoms with Gasteiger partial charge in [-0.15, -0.1) is 0 Å². The lowest BCUT2D eigenvalue weighted by Gasteiger charge is -2.26. The summed E-state index contributed by atoms with van der Waals surface area (Å²) in [5.41, 5.74) is 13.1. The van der Waals surface area contributed by atoms with E-state index >= 15 is 0 Å². The molecule has 1 aliphatic carbocycles. The Labute approximate surface area is 210 Å². The lowest BCUT2D eigenvalue weighted by molar-refractivity contribution is -0.134. The number of nitrogens with two attached hydrogens (primary N) is 1. The average Bonchev–Trinajstić information content (AvgIpc) is 3.52. The first-order valence-electron chi connectivity index (χ1n) is 12.5. The monoisotopic (exact) mass is 484 g/mol. The third-order valence-electron chi connectivity index (χ3n) is 7.43. The normalized spacial score (nSPS) is 17.8. The van der Waals surface area contributed by atoms with Crippen LogP contribution in [-0.4, -0.2) is 44.3 Å². The Morgan fingerprint density at radius 1 is 1.22 bits per heavy atom. The first-order valence-corrected chi connectivity index (χ1v) is 12.5. The van der Waals surface area contributed by atoms with Crippen LogP contribution in [0.1, 0.15) is 43.2 Å². The summed E-state index contributed by atoms with van der Waals surface area (Å²) >= 11 is 0. The molecule has 2 amide bonds. The summed E-state index contributed by atoms with van der Waals surface area (Å²) in [4.78, 5) is 35.6. The number of nitrogens with one attached hydrogen (secondary N) is 1. The predicted molar refractivity (Wildman–Crippen MR) is 143 cm³/mol. The number of fused-ring (bicyclic) bond motifs is 1. The summed E-state index contributed by atoms with van der Waals surface area (Å²) < 4.78 is 2.06. The third kappa shape index (κ3) is 4.17. The highest BCUT2D eigenvalue weighted by Crippen LogP contribution is 2.44. The molecule has 1 saturated heterocycles. The van der Waals surface area contributed by atoms with Crippen molar-refractivity contribution in [2.45, 2.75) is 39.0 Å². The highest BCUT2D eigenvalue weighted by molar-refractivity contribution is 6.05. The molecule has 3 heterocycles. The van der Waals surface area contributed by atoms with Crippen molar-refractivity contribution >= 4 is 39.9 Å². The van der Waals surface area contributed by atoms with Crippen LogP contribution in [0, 0.1) is 12.8 Å². The van der Waals surface area contributed by atoms with Gasteiger partial charge in [-0.3, -0.25) is 9.59 Å². The van der Waals surface area contributed by atoms with Gasteiger partial charge in [-0.1, -0.05) is 18.7 Å². The number of allylic oxidation sites excluding steroid dienone is 2. The van der Waals surface area contributed by atoms with Gasteiger partial charge in [0.1, 0.15) is 17.8 Å². The zero-order valence-electron chi connectivity index (χ0n) is 20.9. The van der Waals surface area contributed by atoms with E-state index in [0.717, 1.165) is 78.6 Å². The lowest BCUT2D eigenvalue weighted by atomic mass is 9.84. The molecule has 0 spiro atoms. The largest absolute Gasteiger partial charge is 0.383 e. The maximum absolute atomic E-state index is 13.0. The van der Waals surface area contributed by atoms with Crippen LogP contribution in [0.4, 0.5) is 11.5 Å². The quantitative estimate of drug-likeness (QED) is 0.520. The molecule has 2 aromatic heterocycles. The fraction of sp³-hybridized carbons (Fsp3) is 0.357. The number of aryl methyl sites for hydroxylation is 2. The molecule has 186 valence electrons. The smallest absolute Gasteiger partial charge is 0.247 e. The van der Waals surface area contributed by atoms with Crippen molar-refractivity contribution < 1.29 is 9.59 Å². The number of hydrogen-bond donors (Lipinski definition) is 2. The van der Waals surface area contributed by atoms with E-state index in [1.54, 1.807) is 0 Å². The summed E-state index contributed by atoms with van der Waals surface area (Å²) in [6, 6.07) is 5.85. The van der Waals surface area contributed by atoms with Crippen LogP contribution in [0.3, 0.4) is 0 Å². The number of anilines is 2. The molecule has 36 heavy (non-hydrogen) atoms. The third-order valence-corrected chi connectivity index (χ3v) is 7.43. The van der Waals surface area contributed by atoms with E-state index in [9.17, 15) is 9.59 Å². The van der Waals surface area contributed by atoms with Gasteiger partial charge in [0.2, 0.25) is 11.8 Å². The van der Waals surface area contributed by atoms with E-state index < -0.39 is 0 Å². The Hall–Kier alpha value is -3.94. The number of amides is 2. The predicted octanol–water partition coefficient (Wildman–Crippen LogP) is 4.46. The number of benzene rings is 1. The van der Waals surface area contributed by atoms with E-state index in [1.807, 2.05) is 37.1 Å². The van der Waals surface area contributed by atoms with E-state index in [1.165, 1.54) is 18.0 Å². The van der Waals surface area contributed by atoms with Crippen molar-refractivity contribution in [3.8, 4) is 11.3 Å². The Morgan fingerprint density at radius 2 is 2.00 bits per heavy atom. The van der Waals surface area contributed by atoms with Crippen LogP contribution in [0.2, 0.25) is 0 Å². The van der Waals surface area contributed by atoms with Crippen LogP contribution in [0.5, 0.6) is 0 Å². The van der Waals surface area contributed by atoms with Gasteiger partial charge in [-0.05, 0) is 68.4 Å². The molecule has 3 N–H and O–H groups in total. The fourth-order valence-corrected chi connectivity index (χ4v) is 5.59. The Morgan fingerprint density at radius 3 is 2.67 bits per heavy atom. The van der Waals surface area contributed by atoms with Crippen molar-refractivity contribution in [1.82, 2.24) is 19.4 Å². The second-order valence-corrected chi connectivity index (χ2v) is 9.70. The Kier molecular flexibility index (Phi) is 6.35. The zero-order valence-corrected chi connectivity index (χ0v) is 20.9. The lowest BCUT2D eigenvalue weighted by Crippen LogP contribution is -2.34. The van der Waals surface area contributed by atoms with Crippen molar-refractivity contribution in [2.75, 3.05) is 24.1 Å². The average molecular weight is 485 g/mol. The van der Waals surface area contributed by atoms with Crippen LogP contribution in [-0.2, 0) is 16.6 Å². The standard InChI is InChI=1S/C28H32N6O2/c1-4-22(35)32-20-11-12-21(17(2)15-20)25-23(24-26(29)30-16-31-27(24)33(25)3)18-7-9-19(10-8-18)28(36)34-13-5-6-14-34/h4,7,11-12,15-16,19H,1,5-6,8-10,13-14H2,2-3H3,(H,32,35)(H2,29,30,31)/t19-/m1/s1. The molecule has 8 nitrogen and oxygen atoms in total. The molecule has 1 aromatic carbocycles. The van der Waals surface area contributed by atoms with E-state index in [4.69, 9.17) is 5.73 Å². The maximum Gasteiger partial charge on any atom is 0.247 e. The number of nitrogen functional groups attached to an aromatic ring is 1. The van der Waals surface area contributed by atoms with Crippen LogP contribution >= 0.6 is 0 Å². The van der Waals surface area contributed by atoms with E-state index in [-0.39, 0.29) is 17.7 Å². The fourth-order valence-electron chi connectivity index (χ4n) is 5.59. The van der Waals surface area contributed by atoms with Gasteiger partial charge in [0.15, 0.2) is 0 Å². The van der Waals surface area contributed by atoms with E-state index in [0.29, 0.717) is 11.5 Å². The van der Waals surface area contributed by atoms with Gasteiger partial charge in [-0.2, -0.15) is 0 Å². The molecule has 1 atom stereocenters. The number of hydrogen-bond acceptors (Lipinski definition) is 5. The minimum Gasteiger partial charge on any atom is -0.383 e. The topological polar surface area (TPSA) is 106 Å². The number of carbonyl (C=O) groups excluding carboxylic acids is 2. The molecule has 1 aliphatic heterocycles. The van der Waals surface area contributed by atoms with Crippen LogP contribution in [0.15, 0.2) is 43.3 Å². The molecule has 0 bridgehead atoms. The van der Waals surface area contributed by atoms with Gasteiger partial charge in [-0.25, -0.2) is 9.97 Å². The number of rotatable bonds is 5. The molecule has 1 fully saturated rings. The summed E-state index contributed by atoms with van der Waals surface area (Å²) in [6.45, 7) is 7.31. The molecule has 0 radical (unpaired) electrons. The summed E-state index contributed by atoms with van der Waals surface area (Å²) in [6.07, 6.45) is 9.49. The number of likely N-dealkylation sites (tertiary alicyclic amines) is 1. The van der Waals surface area contributed by atoms with Crippen LogP contribution in [0.25, 0.3) is 27.9 Å². The SMILES string of the molecule is C=CC(=O)Nc1ccc(-c2c(C3=CC[C@@H](C(=O)N4CCCC4)CC3)c3c(N)ncnc3n2C)c(C)c1. The minimum absolute atomic E-state index is 0.0355. The minimum atomic E-state index is -0.249. The maximum atomic E-state index is 13.0. The van der Waals surface area contributed by atoms with Gasteiger partial charge >= 0.3 is 0 Å². The highest BCUT2D eigenvalue weighted by atomic mass is 16.2. The van der Waals surface area contributed by atoms with Gasteiger partial charge in [0.05, 0.1) is 11.1 Å². The van der Waals surface area contributed by atoms with Gasteiger partial charge in [0, 0.05) is 42.9 Å². The van der Waals surface area contributed by atoms with E-state index in [2.05, 4.69) is 32.5 Å². The molecule has 5 rings (SSSR count). The number of carbonyl (C=O) groups is 2. The first-order chi connectivity index (χ1) is 17.4. The number of nitrogens with zero attached hydrogens (tertiary/aromatic N) is 4. The summed E-state index contributed by atoms with van der Waals surface area (Å²) in [5.74, 6) is 0.520. The second-order valence-electron chi connectivity index (χ2n) is 9.70. The van der Waals surface area contributed by atoms with Crippen LogP contribution < -0.4 is 11.1 Å². The Balaban J connectivity index is 1.58. The molecule has 0 saturated carbocycles. The molecular formula is C28H32N6O2. The van der Waals surface area contributed by atoms with Crippen molar-refractivity contribution in [2.24, 2.45) is 13.0 Å². The molecular weight excluding hydrogens is 452 g/mol. The molecule has 8 heteroatoms. The Bertz CT molecular complexity index is 1400. The second kappa shape index (κ2) is 9.60. The van der Waals surface area contributed by atoms with Crippen molar-refractivity contribution in [3.05, 3.63) is 54.4 Å². The number of aromatic nitrogens is 3. The molecule has 2 aliphatic rings. The van der Waals surface area contributed by atoms with Crippen molar-refractivity contribution in [3.63, 3.8) is 0 Å². The van der Waals surface area contributed by atoms with Gasteiger partial charge in [0.25, 0.3) is 0 Å². The van der Waals surface area contributed by atoms with Crippen molar-refractivity contribution in [1.29, 1.82) is 0 Å².